The van der Waals surface area contributed by atoms with Crippen molar-refractivity contribution in [3.8, 4) is 5.88 Å². The van der Waals surface area contributed by atoms with Gasteiger partial charge in [-0.15, -0.1) is 0 Å². The number of benzene rings is 1. The molecule has 104 valence electrons. The molecule has 0 aliphatic heterocycles. The second-order valence-corrected chi connectivity index (χ2v) is 6.17. The van der Waals surface area contributed by atoms with Crippen molar-refractivity contribution < 1.29 is 4.74 Å². The van der Waals surface area contributed by atoms with Crippen molar-refractivity contribution in [3.05, 3.63) is 50.8 Å². The third kappa shape index (κ3) is 2.96. The van der Waals surface area contributed by atoms with E-state index >= 15 is 0 Å². The number of ether oxygens (including phenoxy) is 1. The SMILES string of the molecule is Cc1c(Cl)nc(C2CC2)nc1OCc1ccccc1Br. The molecule has 0 bridgehead atoms. The molecule has 1 saturated carbocycles. The van der Waals surface area contributed by atoms with Crippen LogP contribution in [0.15, 0.2) is 28.7 Å². The highest BCUT2D eigenvalue weighted by molar-refractivity contribution is 9.10. The van der Waals surface area contributed by atoms with Gasteiger partial charge in [-0.2, -0.15) is 4.98 Å². The average Bonchev–Trinajstić information content (AvgIpc) is 3.26. The van der Waals surface area contributed by atoms with Crippen LogP contribution >= 0.6 is 27.5 Å². The van der Waals surface area contributed by atoms with E-state index in [4.69, 9.17) is 16.3 Å². The van der Waals surface area contributed by atoms with Crippen LogP contribution in [-0.4, -0.2) is 9.97 Å². The van der Waals surface area contributed by atoms with Crippen molar-refractivity contribution in [2.24, 2.45) is 0 Å². The highest BCUT2D eigenvalue weighted by atomic mass is 79.9. The first kappa shape index (κ1) is 13.8. The summed E-state index contributed by atoms with van der Waals surface area (Å²) < 4.78 is 6.87. The Labute approximate surface area is 131 Å². The number of halogens is 2. The molecule has 0 unspecified atom stereocenters. The Kier molecular flexibility index (Phi) is 3.94. The van der Waals surface area contributed by atoms with E-state index in [-0.39, 0.29) is 0 Å². The van der Waals surface area contributed by atoms with E-state index in [1.807, 2.05) is 31.2 Å². The Morgan fingerprint density at radius 2 is 2.05 bits per heavy atom. The van der Waals surface area contributed by atoms with Crippen LogP contribution in [0, 0.1) is 6.92 Å². The molecular formula is C15H14BrClN2O. The van der Waals surface area contributed by atoms with Crippen LogP contribution in [-0.2, 0) is 6.61 Å². The Balaban J connectivity index is 1.81. The molecule has 3 rings (SSSR count). The Hall–Kier alpha value is -1.13. The van der Waals surface area contributed by atoms with Crippen molar-refractivity contribution in [2.45, 2.75) is 32.3 Å². The zero-order valence-electron chi connectivity index (χ0n) is 11.1. The third-order valence-corrected chi connectivity index (χ3v) is 4.47. The van der Waals surface area contributed by atoms with Gasteiger partial charge in [0, 0.05) is 21.5 Å². The van der Waals surface area contributed by atoms with E-state index in [1.165, 1.54) is 0 Å². The third-order valence-electron chi connectivity index (χ3n) is 3.32. The number of aromatic nitrogens is 2. The van der Waals surface area contributed by atoms with Gasteiger partial charge in [0.05, 0.1) is 0 Å². The van der Waals surface area contributed by atoms with Crippen molar-refractivity contribution >= 4 is 27.5 Å². The van der Waals surface area contributed by atoms with Crippen LogP contribution in [0.3, 0.4) is 0 Å². The zero-order valence-corrected chi connectivity index (χ0v) is 13.4. The van der Waals surface area contributed by atoms with Crippen molar-refractivity contribution in [1.29, 1.82) is 0 Å². The van der Waals surface area contributed by atoms with Crippen LogP contribution in [0.1, 0.15) is 35.7 Å². The summed E-state index contributed by atoms with van der Waals surface area (Å²) in [7, 11) is 0. The summed E-state index contributed by atoms with van der Waals surface area (Å²) >= 11 is 9.68. The van der Waals surface area contributed by atoms with Crippen molar-refractivity contribution in [2.75, 3.05) is 0 Å². The molecule has 1 heterocycles. The number of rotatable bonds is 4. The predicted octanol–water partition coefficient (Wildman–Crippen LogP) is 4.66. The highest BCUT2D eigenvalue weighted by Gasteiger charge is 2.28. The maximum atomic E-state index is 6.16. The van der Waals surface area contributed by atoms with Gasteiger partial charge in [-0.25, -0.2) is 4.98 Å². The molecule has 0 radical (unpaired) electrons. The van der Waals surface area contributed by atoms with Gasteiger partial charge in [0.15, 0.2) is 0 Å². The van der Waals surface area contributed by atoms with Crippen LogP contribution in [0.2, 0.25) is 5.15 Å². The lowest BCUT2D eigenvalue weighted by Gasteiger charge is -2.11. The van der Waals surface area contributed by atoms with Crippen LogP contribution in [0.25, 0.3) is 0 Å². The molecule has 5 heteroatoms. The fourth-order valence-corrected chi connectivity index (χ4v) is 2.48. The van der Waals surface area contributed by atoms with Gasteiger partial charge in [0.25, 0.3) is 0 Å². The van der Waals surface area contributed by atoms with E-state index in [0.29, 0.717) is 23.6 Å². The Bertz CT molecular complexity index is 644. The van der Waals surface area contributed by atoms with E-state index in [9.17, 15) is 0 Å². The summed E-state index contributed by atoms with van der Waals surface area (Å²) in [6.45, 7) is 2.34. The second kappa shape index (κ2) is 5.70. The standard InChI is InChI=1S/C15H14BrClN2O/c1-9-13(17)18-14(10-6-7-10)19-15(9)20-8-11-4-2-3-5-12(11)16/h2-5,10H,6-8H2,1H3. The molecule has 0 atom stereocenters. The first-order valence-electron chi connectivity index (χ1n) is 6.55. The lowest BCUT2D eigenvalue weighted by molar-refractivity contribution is 0.289. The van der Waals surface area contributed by atoms with Gasteiger partial charge in [0.1, 0.15) is 17.6 Å². The zero-order chi connectivity index (χ0) is 14.1. The van der Waals surface area contributed by atoms with Gasteiger partial charge in [0.2, 0.25) is 5.88 Å². The molecule has 3 nitrogen and oxygen atoms in total. The highest BCUT2D eigenvalue weighted by Crippen LogP contribution is 2.39. The number of hydrogen-bond donors (Lipinski definition) is 0. The van der Waals surface area contributed by atoms with Gasteiger partial charge < -0.3 is 4.74 Å². The molecule has 0 spiro atoms. The lowest BCUT2D eigenvalue weighted by atomic mass is 10.2. The predicted molar refractivity (Wildman–Crippen MR) is 82.2 cm³/mol. The second-order valence-electron chi connectivity index (χ2n) is 4.96. The lowest BCUT2D eigenvalue weighted by Crippen LogP contribution is -2.04. The average molecular weight is 354 g/mol. The largest absolute Gasteiger partial charge is 0.472 e. The monoisotopic (exact) mass is 352 g/mol. The quantitative estimate of drug-likeness (QED) is 0.750. The number of hydrogen-bond acceptors (Lipinski definition) is 3. The fourth-order valence-electron chi connectivity index (χ4n) is 1.91. The molecule has 2 aromatic rings. The minimum absolute atomic E-state index is 0.457. The maximum Gasteiger partial charge on any atom is 0.221 e. The molecular weight excluding hydrogens is 340 g/mol. The molecule has 0 N–H and O–H groups in total. The summed E-state index contributed by atoms with van der Waals surface area (Å²) in [5.41, 5.74) is 1.87. The van der Waals surface area contributed by atoms with Crippen molar-refractivity contribution in [1.82, 2.24) is 9.97 Å². The van der Waals surface area contributed by atoms with Crippen LogP contribution < -0.4 is 4.74 Å². The van der Waals surface area contributed by atoms with E-state index in [0.717, 1.165) is 34.3 Å². The Morgan fingerprint density at radius 1 is 1.30 bits per heavy atom. The molecule has 1 aliphatic rings. The molecule has 1 aromatic carbocycles. The minimum Gasteiger partial charge on any atom is -0.472 e. The molecule has 1 fully saturated rings. The fraction of sp³-hybridized carbons (Fsp3) is 0.333. The number of nitrogens with zero attached hydrogens (tertiary/aromatic N) is 2. The topological polar surface area (TPSA) is 35.0 Å². The molecule has 20 heavy (non-hydrogen) atoms. The van der Waals surface area contributed by atoms with Gasteiger partial charge in [-0.05, 0) is 25.8 Å². The smallest absolute Gasteiger partial charge is 0.221 e. The van der Waals surface area contributed by atoms with E-state index in [2.05, 4.69) is 25.9 Å². The summed E-state index contributed by atoms with van der Waals surface area (Å²) in [4.78, 5) is 8.84. The Morgan fingerprint density at radius 3 is 2.75 bits per heavy atom. The normalized spacial score (nSPS) is 14.3. The molecule has 1 aliphatic carbocycles. The maximum absolute atomic E-state index is 6.16. The summed E-state index contributed by atoms with van der Waals surface area (Å²) in [5.74, 6) is 1.85. The molecule has 1 aromatic heterocycles. The van der Waals surface area contributed by atoms with E-state index in [1.54, 1.807) is 0 Å². The summed E-state index contributed by atoms with van der Waals surface area (Å²) in [6.07, 6.45) is 2.28. The summed E-state index contributed by atoms with van der Waals surface area (Å²) in [6, 6.07) is 7.97. The van der Waals surface area contributed by atoms with Crippen molar-refractivity contribution in [3.63, 3.8) is 0 Å². The summed E-state index contributed by atoms with van der Waals surface area (Å²) in [5, 5.41) is 0.490. The van der Waals surface area contributed by atoms with E-state index < -0.39 is 0 Å². The van der Waals surface area contributed by atoms with Gasteiger partial charge >= 0.3 is 0 Å². The molecule has 0 amide bonds. The van der Waals surface area contributed by atoms with Gasteiger partial charge in [-0.3, -0.25) is 0 Å². The first-order valence-corrected chi connectivity index (χ1v) is 7.72. The van der Waals surface area contributed by atoms with Crippen LogP contribution in [0.4, 0.5) is 0 Å². The minimum atomic E-state index is 0.457. The van der Waals surface area contributed by atoms with Gasteiger partial charge in [-0.1, -0.05) is 45.7 Å². The van der Waals surface area contributed by atoms with Crippen LogP contribution in [0.5, 0.6) is 5.88 Å². The first-order chi connectivity index (χ1) is 9.65. The molecule has 0 saturated heterocycles.